The highest BCUT2D eigenvalue weighted by Gasteiger charge is 2.36. The number of nitrogens with two attached hydrogens (primary N) is 1. The van der Waals surface area contributed by atoms with Gasteiger partial charge in [0.25, 0.3) is 0 Å². The first kappa shape index (κ1) is 13.3. The van der Waals surface area contributed by atoms with Crippen molar-refractivity contribution in [1.82, 2.24) is 20.0 Å². The van der Waals surface area contributed by atoms with Crippen LogP contribution in [0.1, 0.15) is 24.3 Å². The van der Waals surface area contributed by atoms with Crippen LogP contribution >= 0.6 is 0 Å². The number of aromatic nitrogens is 4. The van der Waals surface area contributed by atoms with Gasteiger partial charge in [-0.1, -0.05) is 0 Å². The fourth-order valence-electron chi connectivity index (χ4n) is 1.41. The predicted molar refractivity (Wildman–Crippen MR) is 59.2 cm³/mol. The topological polar surface area (TPSA) is 89.9 Å². The summed E-state index contributed by atoms with van der Waals surface area (Å²) in [4.78, 5) is 4.31. The Bertz CT molecular complexity index is 593. The average molecular weight is 273 g/mol. The summed E-state index contributed by atoms with van der Waals surface area (Å²) in [5.74, 6) is -0.492. The molecule has 0 aliphatic carbocycles. The lowest BCUT2D eigenvalue weighted by atomic mass is 10.2. The summed E-state index contributed by atoms with van der Waals surface area (Å²) in [5.41, 5.74) is 4.29. The first-order valence-corrected chi connectivity index (χ1v) is 5.22. The highest BCUT2D eigenvalue weighted by atomic mass is 19.4. The van der Waals surface area contributed by atoms with Crippen LogP contribution in [0, 0.1) is 0 Å². The SMILES string of the molecule is C[C@@H](O)c1cnn(-c2ncc(N)cc2C(F)(F)F)n1. The number of aliphatic hydroxyl groups is 1. The summed E-state index contributed by atoms with van der Waals surface area (Å²) in [7, 11) is 0. The number of rotatable bonds is 2. The molecule has 0 fully saturated rings. The van der Waals surface area contributed by atoms with Crippen molar-refractivity contribution in [2.75, 3.05) is 5.73 Å². The zero-order valence-corrected chi connectivity index (χ0v) is 9.76. The van der Waals surface area contributed by atoms with Gasteiger partial charge >= 0.3 is 6.18 Å². The molecule has 0 aliphatic heterocycles. The van der Waals surface area contributed by atoms with Gasteiger partial charge in [0.2, 0.25) is 0 Å². The number of aliphatic hydroxyl groups excluding tert-OH is 1. The van der Waals surface area contributed by atoms with Crippen LogP contribution < -0.4 is 5.73 Å². The number of anilines is 1. The number of nitrogens with zero attached hydrogens (tertiary/aromatic N) is 4. The second-order valence-corrected chi connectivity index (χ2v) is 3.87. The third kappa shape index (κ3) is 2.65. The van der Waals surface area contributed by atoms with Crippen LogP contribution in [-0.2, 0) is 6.18 Å². The van der Waals surface area contributed by atoms with Crippen LogP contribution in [0.2, 0.25) is 0 Å². The van der Waals surface area contributed by atoms with E-state index < -0.39 is 23.7 Å². The molecule has 3 N–H and O–H groups in total. The Morgan fingerprint density at radius 3 is 2.58 bits per heavy atom. The largest absolute Gasteiger partial charge is 0.420 e. The lowest BCUT2D eigenvalue weighted by molar-refractivity contribution is -0.137. The zero-order valence-electron chi connectivity index (χ0n) is 9.76. The molecule has 102 valence electrons. The maximum Gasteiger partial charge on any atom is 0.420 e. The Morgan fingerprint density at radius 1 is 1.37 bits per heavy atom. The van der Waals surface area contributed by atoms with E-state index >= 15 is 0 Å². The summed E-state index contributed by atoms with van der Waals surface area (Å²) < 4.78 is 38.6. The molecule has 0 bridgehead atoms. The van der Waals surface area contributed by atoms with E-state index in [0.29, 0.717) is 4.80 Å². The third-order valence-electron chi connectivity index (χ3n) is 2.32. The van der Waals surface area contributed by atoms with Crippen molar-refractivity contribution in [2.24, 2.45) is 0 Å². The van der Waals surface area contributed by atoms with Crippen LogP contribution in [0.4, 0.5) is 18.9 Å². The average Bonchev–Trinajstić information content (AvgIpc) is 2.77. The number of hydrogen-bond acceptors (Lipinski definition) is 5. The normalized spacial score (nSPS) is 13.5. The number of alkyl halides is 3. The molecule has 9 heteroatoms. The minimum atomic E-state index is -4.63. The van der Waals surface area contributed by atoms with E-state index in [9.17, 15) is 18.3 Å². The molecule has 0 aliphatic rings. The van der Waals surface area contributed by atoms with Crippen LogP contribution in [0.25, 0.3) is 5.82 Å². The van der Waals surface area contributed by atoms with Crippen LogP contribution in [0.3, 0.4) is 0 Å². The molecule has 0 aromatic carbocycles. The second kappa shape index (κ2) is 4.50. The maximum atomic E-state index is 12.9. The summed E-state index contributed by atoms with van der Waals surface area (Å²) in [6, 6.07) is 0.758. The Hall–Kier alpha value is -2.16. The lowest BCUT2D eigenvalue weighted by Crippen LogP contribution is -2.15. The molecule has 1 atom stereocenters. The second-order valence-electron chi connectivity index (χ2n) is 3.87. The minimum absolute atomic E-state index is 0.112. The fraction of sp³-hybridized carbons (Fsp3) is 0.300. The molecule has 2 heterocycles. The van der Waals surface area contributed by atoms with Crippen molar-refractivity contribution >= 4 is 5.69 Å². The summed E-state index contributed by atoms with van der Waals surface area (Å²) in [6.07, 6.45) is -3.31. The van der Waals surface area contributed by atoms with Crippen molar-refractivity contribution in [2.45, 2.75) is 19.2 Å². The van der Waals surface area contributed by atoms with Crippen molar-refractivity contribution in [3.8, 4) is 5.82 Å². The number of halogens is 3. The molecule has 6 nitrogen and oxygen atoms in total. The standard InChI is InChI=1S/C10H10F3N5O/c1-5(19)8-4-16-18(17-8)9-7(10(11,12)13)2-6(14)3-15-9/h2-5,19H,14H2,1H3/t5-/m1/s1. The summed E-state index contributed by atoms with van der Waals surface area (Å²) in [5, 5.41) is 16.7. The van der Waals surface area contributed by atoms with Crippen molar-refractivity contribution in [3.63, 3.8) is 0 Å². The molecular formula is C10H10F3N5O. The number of hydrogen-bond donors (Lipinski definition) is 2. The van der Waals surface area contributed by atoms with Gasteiger partial charge in [-0.25, -0.2) is 4.98 Å². The zero-order chi connectivity index (χ0) is 14.2. The quantitative estimate of drug-likeness (QED) is 0.861. The molecule has 2 rings (SSSR count). The van der Waals surface area contributed by atoms with Gasteiger partial charge in [0.05, 0.1) is 24.2 Å². The lowest BCUT2D eigenvalue weighted by Gasteiger charge is -2.11. The van der Waals surface area contributed by atoms with Crippen LogP contribution in [0.5, 0.6) is 0 Å². The predicted octanol–water partition coefficient (Wildman–Crippen LogP) is 1.32. The first-order chi connectivity index (χ1) is 8.79. The van der Waals surface area contributed by atoms with Gasteiger partial charge in [0.15, 0.2) is 5.82 Å². The van der Waals surface area contributed by atoms with Crippen molar-refractivity contribution < 1.29 is 18.3 Å². The van der Waals surface area contributed by atoms with E-state index in [2.05, 4.69) is 15.2 Å². The van der Waals surface area contributed by atoms with Crippen molar-refractivity contribution in [3.05, 3.63) is 29.7 Å². The van der Waals surface area contributed by atoms with Gasteiger partial charge in [-0.2, -0.15) is 18.3 Å². The summed E-state index contributed by atoms with van der Waals surface area (Å²) >= 11 is 0. The van der Waals surface area contributed by atoms with E-state index in [1.165, 1.54) is 13.1 Å². The first-order valence-electron chi connectivity index (χ1n) is 5.22. The van der Waals surface area contributed by atoms with Gasteiger partial charge in [-0.15, -0.1) is 9.90 Å². The number of pyridine rings is 1. The molecular weight excluding hydrogens is 263 g/mol. The molecule has 2 aromatic heterocycles. The maximum absolute atomic E-state index is 12.9. The minimum Gasteiger partial charge on any atom is -0.397 e. The summed E-state index contributed by atoms with van der Waals surface area (Å²) in [6.45, 7) is 1.43. The molecule has 0 amide bonds. The van der Waals surface area contributed by atoms with Gasteiger partial charge in [0, 0.05) is 0 Å². The highest BCUT2D eigenvalue weighted by molar-refractivity contribution is 5.46. The molecule has 0 saturated carbocycles. The molecule has 0 unspecified atom stereocenters. The fourth-order valence-corrected chi connectivity index (χ4v) is 1.41. The van der Waals surface area contributed by atoms with Gasteiger partial charge in [0.1, 0.15) is 11.3 Å². The Morgan fingerprint density at radius 2 is 2.05 bits per heavy atom. The monoisotopic (exact) mass is 273 g/mol. The third-order valence-corrected chi connectivity index (χ3v) is 2.32. The van der Waals surface area contributed by atoms with E-state index in [1.807, 2.05) is 0 Å². The van der Waals surface area contributed by atoms with E-state index in [0.717, 1.165) is 12.3 Å². The molecule has 2 aromatic rings. The van der Waals surface area contributed by atoms with Gasteiger partial charge < -0.3 is 10.8 Å². The molecule has 0 spiro atoms. The molecule has 0 saturated heterocycles. The van der Waals surface area contributed by atoms with Gasteiger partial charge in [-0.3, -0.25) is 0 Å². The smallest absolute Gasteiger partial charge is 0.397 e. The highest BCUT2D eigenvalue weighted by Crippen LogP contribution is 2.33. The molecule has 19 heavy (non-hydrogen) atoms. The van der Waals surface area contributed by atoms with Crippen LogP contribution in [0.15, 0.2) is 18.5 Å². The van der Waals surface area contributed by atoms with E-state index in [-0.39, 0.29) is 11.4 Å². The van der Waals surface area contributed by atoms with Crippen LogP contribution in [-0.4, -0.2) is 25.1 Å². The van der Waals surface area contributed by atoms with E-state index in [4.69, 9.17) is 5.73 Å². The molecule has 0 radical (unpaired) electrons. The van der Waals surface area contributed by atoms with Gasteiger partial charge in [-0.05, 0) is 13.0 Å². The van der Waals surface area contributed by atoms with E-state index in [1.54, 1.807) is 0 Å². The Labute approximate surface area is 105 Å². The number of nitrogen functional groups attached to an aromatic ring is 1. The Balaban J connectivity index is 2.55. The van der Waals surface area contributed by atoms with Crippen molar-refractivity contribution in [1.29, 1.82) is 0 Å². The Kier molecular flexibility index (Phi) is 3.14.